The molecule has 0 saturated carbocycles. The zero-order valence-corrected chi connectivity index (χ0v) is 9.51. The van der Waals surface area contributed by atoms with Crippen LogP contribution in [0.3, 0.4) is 0 Å². The van der Waals surface area contributed by atoms with Gasteiger partial charge in [-0.05, 0) is 32.2 Å². The maximum atomic E-state index is 9.38. The van der Waals surface area contributed by atoms with Crippen LogP contribution in [0.2, 0.25) is 0 Å². The summed E-state index contributed by atoms with van der Waals surface area (Å²) in [6, 6.07) is 4.33. The van der Waals surface area contributed by atoms with Crippen LogP contribution in [0.25, 0.3) is 11.4 Å². The molecule has 0 amide bonds. The molecule has 1 unspecified atom stereocenters. The highest BCUT2D eigenvalue weighted by Gasteiger charge is 2.14. The van der Waals surface area contributed by atoms with E-state index in [0.717, 1.165) is 0 Å². The van der Waals surface area contributed by atoms with Crippen LogP contribution < -0.4 is 5.32 Å². The number of nitrogens with one attached hydrogen (secondary N) is 1. The lowest BCUT2D eigenvalue weighted by molar-refractivity contribution is 0.347. The fourth-order valence-electron chi connectivity index (χ4n) is 1.31. The first-order valence-electron chi connectivity index (χ1n) is 5.15. The molecule has 0 bridgehead atoms. The topological polar surface area (TPSA) is 91.4 Å². The molecule has 0 radical (unpaired) electrons. The van der Waals surface area contributed by atoms with Gasteiger partial charge in [0, 0.05) is 5.56 Å². The van der Waals surface area contributed by atoms with Crippen LogP contribution in [0, 0.1) is 0 Å². The minimum atomic E-state index is -0.212. The maximum Gasteiger partial charge on any atom is 0.243 e. The van der Waals surface area contributed by atoms with E-state index in [1.165, 1.54) is 12.1 Å². The lowest BCUT2D eigenvalue weighted by Gasteiger charge is -2.01. The van der Waals surface area contributed by atoms with Crippen molar-refractivity contribution in [3.05, 3.63) is 24.1 Å². The molecule has 2 aromatic rings. The highest BCUT2D eigenvalue weighted by Crippen LogP contribution is 2.29. The van der Waals surface area contributed by atoms with E-state index in [1.54, 1.807) is 13.1 Å². The molecule has 0 fully saturated rings. The van der Waals surface area contributed by atoms with Crippen LogP contribution in [0.15, 0.2) is 22.7 Å². The standard InChI is InChI=1S/C11H13N3O3/c1-6(12-2)11-13-10(14-17-11)7-3-4-8(15)9(16)5-7/h3-6,12,15-16H,1-2H3. The smallest absolute Gasteiger partial charge is 0.243 e. The Morgan fingerprint density at radius 1 is 1.29 bits per heavy atom. The summed E-state index contributed by atoms with van der Waals surface area (Å²) in [5, 5.41) is 25.4. The third-order valence-electron chi connectivity index (χ3n) is 2.48. The molecule has 1 atom stereocenters. The number of phenols is 2. The van der Waals surface area contributed by atoms with Gasteiger partial charge >= 0.3 is 0 Å². The minimum absolute atomic E-state index is 0.0399. The Hall–Kier alpha value is -2.08. The van der Waals surface area contributed by atoms with E-state index in [9.17, 15) is 10.2 Å². The van der Waals surface area contributed by atoms with E-state index in [1.807, 2.05) is 6.92 Å². The molecule has 3 N–H and O–H groups in total. The van der Waals surface area contributed by atoms with Crippen molar-refractivity contribution in [1.29, 1.82) is 0 Å². The van der Waals surface area contributed by atoms with E-state index in [4.69, 9.17) is 4.52 Å². The van der Waals surface area contributed by atoms with Gasteiger partial charge < -0.3 is 20.1 Å². The number of aromatic hydroxyl groups is 2. The molecule has 0 aliphatic heterocycles. The third-order valence-corrected chi connectivity index (χ3v) is 2.48. The van der Waals surface area contributed by atoms with Crippen LogP contribution >= 0.6 is 0 Å². The number of hydrogen-bond donors (Lipinski definition) is 3. The Morgan fingerprint density at radius 2 is 2.06 bits per heavy atom. The summed E-state index contributed by atoms with van der Waals surface area (Å²) < 4.78 is 5.07. The van der Waals surface area contributed by atoms with Crippen LogP contribution in [0.1, 0.15) is 18.9 Å². The molecule has 0 saturated heterocycles. The van der Waals surface area contributed by atoms with Gasteiger partial charge in [0.1, 0.15) is 0 Å². The van der Waals surface area contributed by atoms with E-state index in [-0.39, 0.29) is 17.5 Å². The van der Waals surface area contributed by atoms with Gasteiger partial charge in [-0.2, -0.15) is 4.98 Å². The predicted octanol–water partition coefficient (Wildman–Crippen LogP) is 1.43. The SMILES string of the molecule is CNC(C)c1nc(-c2ccc(O)c(O)c2)no1. The third kappa shape index (κ3) is 2.21. The summed E-state index contributed by atoms with van der Waals surface area (Å²) in [4.78, 5) is 4.19. The lowest BCUT2D eigenvalue weighted by atomic mass is 10.2. The molecule has 90 valence electrons. The van der Waals surface area contributed by atoms with Crippen molar-refractivity contribution in [1.82, 2.24) is 15.5 Å². The number of nitrogens with zero attached hydrogens (tertiary/aromatic N) is 2. The van der Waals surface area contributed by atoms with E-state index in [0.29, 0.717) is 17.3 Å². The molecule has 0 spiro atoms. The number of phenolic OH excluding ortho intramolecular Hbond substituents is 2. The molecule has 0 aliphatic carbocycles. The summed E-state index contributed by atoms with van der Waals surface area (Å²) in [5.74, 6) is 0.448. The van der Waals surface area contributed by atoms with Crippen molar-refractivity contribution in [2.75, 3.05) is 7.05 Å². The lowest BCUT2D eigenvalue weighted by Crippen LogP contribution is -2.12. The van der Waals surface area contributed by atoms with Gasteiger partial charge in [-0.1, -0.05) is 5.16 Å². The first kappa shape index (κ1) is 11.4. The normalized spacial score (nSPS) is 12.6. The summed E-state index contributed by atoms with van der Waals surface area (Å²) in [6.45, 7) is 1.89. The molecule has 1 aromatic carbocycles. The fourth-order valence-corrected chi connectivity index (χ4v) is 1.31. The van der Waals surface area contributed by atoms with E-state index >= 15 is 0 Å². The van der Waals surface area contributed by atoms with Crippen LogP contribution in [0.5, 0.6) is 11.5 Å². The number of benzene rings is 1. The van der Waals surface area contributed by atoms with Gasteiger partial charge in [0.25, 0.3) is 0 Å². The monoisotopic (exact) mass is 235 g/mol. The second kappa shape index (κ2) is 4.42. The number of aromatic nitrogens is 2. The molecule has 6 nitrogen and oxygen atoms in total. The Morgan fingerprint density at radius 3 is 2.71 bits per heavy atom. The molecule has 6 heteroatoms. The summed E-state index contributed by atoms with van der Waals surface area (Å²) >= 11 is 0. The highest BCUT2D eigenvalue weighted by atomic mass is 16.5. The summed E-state index contributed by atoms with van der Waals surface area (Å²) in [5.41, 5.74) is 0.582. The van der Waals surface area contributed by atoms with Crippen molar-refractivity contribution in [2.24, 2.45) is 0 Å². The van der Waals surface area contributed by atoms with Gasteiger partial charge in [-0.25, -0.2) is 0 Å². The zero-order valence-electron chi connectivity index (χ0n) is 9.51. The van der Waals surface area contributed by atoms with Gasteiger partial charge in [0.2, 0.25) is 11.7 Å². The van der Waals surface area contributed by atoms with Crippen LogP contribution in [0.4, 0.5) is 0 Å². The first-order chi connectivity index (χ1) is 8.11. The van der Waals surface area contributed by atoms with Crippen molar-refractivity contribution < 1.29 is 14.7 Å². The van der Waals surface area contributed by atoms with Crippen molar-refractivity contribution in [2.45, 2.75) is 13.0 Å². The van der Waals surface area contributed by atoms with Gasteiger partial charge in [-0.15, -0.1) is 0 Å². The molecule has 1 heterocycles. The zero-order chi connectivity index (χ0) is 12.4. The number of rotatable bonds is 3. The predicted molar refractivity (Wildman–Crippen MR) is 60.5 cm³/mol. The minimum Gasteiger partial charge on any atom is -0.504 e. The van der Waals surface area contributed by atoms with E-state index < -0.39 is 0 Å². The molecule has 17 heavy (non-hydrogen) atoms. The first-order valence-corrected chi connectivity index (χ1v) is 5.15. The van der Waals surface area contributed by atoms with Crippen molar-refractivity contribution >= 4 is 0 Å². The molecule has 2 rings (SSSR count). The average Bonchev–Trinajstić information content (AvgIpc) is 2.81. The molecular weight excluding hydrogens is 222 g/mol. The molecule has 1 aromatic heterocycles. The van der Waals surface area contributed by atoms with Gasteiger partial charge in [0.15, 0.2) is 11.5 Å². The van der Waals surface area contributed by atoms with Gasteiger partial charge in [0.05, 0.1) is 6.04 Å². The second-order valence-electron chi connectivity index (χ2n) is 3.67. The second-order valence-corrected chi connectivity index (χ2v) is 3.67. The summed E-state index contributed by atoms with van der Waals surface area (Å²) in [6.07, 6.45) is 0. The Labute approximate surface area is 97.9 Å². The van der Waals surface area contributed by atoms with Crippen molar-refractivity contribution in [3.63, 3.8) is 0 Å². The Kier molecular flexibility index (Phi) is 2.97. The van der Waals surface area contributed by atoms with E-state index in [2.05, 4.69) is 15.5 Å². The average molecular weight is 235 g/mol. The summed E-state index contributed by atoms with van der Waals surface area (Å²) in [7, 11) is 1.79. The Balaban J connectivity index is 2.33. The van der Waals surface area contributed by atoms with Crippen molar-refractivity contribution in [3.8, 4) is 22.9 Å². The maximum absolute atomic E-state index is 9.38. The quantitative estimate of drug-likeness (QED) is 0.697. The van der Waals surface area contributed by atoms with Crippen LogP contribution in [-0.2, 0) is 0 Å². The Bertz CT molecular complexity index is 524. The largest absolute Gasteiger partial charge is 0.504 e. The van der Waals surface area contributed by atoms with Gasteiger partial charge in [-0.3, -0.25) is 0 Å². The number of hydrogen-bond acceptors (Lipinski definition) is 6. The fraction of sp³-hybridized carbons (Fsp3) is 0.273. The highest BCUT2D eigenvalue weighted by molar-refractivity contribution is 5.59. The molecular formula is C11H13N3O3. The van der Waals surface area contributed by atoms with Crippen LogP contribution in [-0.4, -0.2) is 27.4 Å². The molecule has 0 aliphatic rings.